The molecule has 9 nitrogen and oxygen atoms in total. The van der Waals surface area contributed by atoms with Gasteiger partial charge in [0, 0.05) is 6.42 Å². The van der Waals surface area contributed by atoms with Gasteiger partial charge < -0.3 is 40.3 Å². The Kier molecular flexibility index (Phi) is 44.2. The van der Waals surface area contributed by atoms with Crippen LogP contribution in [0.4, 0.5) is 0 Å². The smallest absolute Gasteiger partial charge is 0.220 e. The summed E-state index contributed by atoms with van der Waals surface area (Å²) in [6, 6.07) is -0.828. The highest BCUT2D eigenvalue weighted by Gasteiger charge is 2.44. The van der Waals surface area contributed by atoms with Crippen LogP contribution in [-0.2, 0) is 14.3 Å². The Balaban J connectivity index is 2.12. The number of aliphatic hydroxyl groups excluding tert-OH is 5. The minimum absolute atomic E-state index is 0.193. The first kappa shape index (κ1) is 62.6. The van der Waals surface area contributed by atoms with Crippen LogP contribution < -0.4 is 5.32 Å². The zero-order chi connectivity index (χ0) is 48.7. The summed E-state index contributed by atoms with van der Waals surface area (Å²) < 4.78 is 11.2. The summed E-state index contributed by atoms with van der Waals surface area (Å²) in [4.78, 5) is 13.0. The number of carbonyl (C=O) groups excluding carboxylic acids is 1. The number of unbranched alkanes of at least 4 members (excludes halogenated alkanes) is 26. The Morgan fingerprint density at radius 3 is 1.40 bits per heavy atom. The van der Waals surface area contributed by atoms with Crippen LogP contribution in [0.1, 0.15) is 232 Å². The molecule has 388 valence electrons. The van der Waals surface area contributed by atoms with Gasteiger partial charge in [-0.15, -0.1) is 0 Å². The zero-order valence-electron chi connectivity index (χ0n) is 42.9. The predicted molar refractivity (Wildman–Crippen MR) is 281 cm³/mol. The summed E-state index contributed by atoms with van der Waals surface area (Å²) in [5.74, 6) is -0.193. The molecule has 0 spiro atoms. The summed E-state index contributed by atoms with van der Waals surface area (Å²) in [6.45, 7) is 3.66. The van der Waals surface area contributed by atoms with Crippen LogP contribution in [0.2, 0.25) is 0 Å². The second kappa shape index (κ2) is 47.3. The monoisotopic (exact) mass is 942 g/mol. The number of ether oxygens (including phenoxy) is 2. The lowest BCUT2D eigenvalue weighted by Gasteiger charge is -2.40. The maximum Gasteiger partial charge on any atom is 0.220 e. The van der Waals surface area contributed by atoms with E-state index in [-0.39, 0.29) is 12.5 Å². The Bertz CT molecular complexity index is 1280. The molecule has 0 aromatic heterocycles. The fraction of sp³-hybridized carbons (Fsp3) is 0.776. The molecule has 0 bridgehead atoms. The molecule has 0 aliphatic carbocycles. The fourth-order valence-corrected chi connectivity index (χ4v) is 8.32. The summed E-state index contributed by atoms with van der Waals surface area (Å²) in [7, 11) is 0. The number of nitrogens with one attached hydrogen (secondary N) is 1. The van der Waals surface area contributed by atoms with Crippen molar-refractivity contribution in [2.24, 2.45) is 0 Å². The van der Waals surface area contributed by atoms with E-state index < -0.39 is 49.5 Å². The van der Waals surface area contributed by atoms with Gasteiger partial charge in [-0.25, -0.2) is 0 Å². The van der Waals surface area contributed by atoms with Crippen LogP contribution in [0, 0.1) is 0 Å². The molecule has 6 N–H and O–H groups in total. The highest BCUT2D eigenvalue weighted by Crippen LogP contribution is 2.23. The standard InChI is InChI=1S/C58H103NO8/c1-3-5-7-9-11-13-15-16-17-18-19-20-21-22-23-24-25-26-27-28-29-30-31-32-33-34-35-36-38-40-42-44-46-48-54(62)59-51(50-66-58-57(65)56(64)55(63)53(49-60)67-58)52(61)47-45-43-41-39-37-14-12-10-8-6-4-2/h8,10,15-16,18-19,21-22,37,39,45,47,51-53,55-58,60-61,63-65H,3-7,9,11-14,17,20,23-36,38,40-44,46,48-50H2,1-2H3,(H,59,62)/b10-8+,16-15-,19-18-,22-21-,39-37+,47-45+. The summed E-state index contributed by atoms with van der Waals surface area (Å²) in [6.07, 6.45) is 58.5. The second-order valence-corrected chi connectivity index (χ2v) is 19.0. The Morgan fingerprint density at radius 2 is 0.925 bits per heavy atom. The van der Waals surface area contributed by atoms with Gasteiger partial charge >= 0.3 is 0 Å². The molecular weight excluding hydrogens is 839 g/mol. The number of aliphatic hydroxyl groups is 5. The minimum atomic E-state index is -1.58. The van der Waals surface area contributed by atoms with E-state index in [0.717, 1.165) is 70.6 Å². The molecule has 9 heteroatoms. The molecule has 1 aliphatic heterocycles. The highest BCUT2D eigenvalue weighted by molar-refractivity contribution is 5.76. The maximum atomic E-state index is 13.0. The maximum absolute atomic E-state index is 13.0. The average Bonchev–Trinajstić information content (AvgIpc) is 3.33. The average molecular weight is 942 g/mol. The van der Waals surface area contributed by atoms with E-state index in [9.17, 15) is 30.3 Å². The van der Waals surface area contributed by atoms with Crippen molar-refractivity contribution in [1.29, 1.82) is 0 Å². The molecule has 0 radical (unpaired) electrons. The molecule has 1 fully saturated rings. The van der Waals surface area contributed by atoms with Gasteiger partial charge in [-0.3, -0.25) is 4.79 Å². The lowest BCUT2D eigenvalue weighted by atomic mass is 9.99. The first-order valence-corrected chi connectivity index (χ1v) is 27.7. The lowest BCUT2D eigenvalue weighted by Crippen LogP contribution is -2.60. The first-order chi connectivity index (χ1) is 32.8. The number of hydrogen-bond donors (Lipinski definition) is 6. The molecule has 1 aliphatic rings. The molecule has 0 aromatic rings. The fourth-order valence-electron chi connectivity index (χ4n) is 8.32. The van der Waals surface area contributed by atoms with Gasteiger partial charge in [0.25, 0.3) is 0 Å². The van der Waals surface area contributed by atoms with E-state index >= 15 is 0 Å². The van der Waals surface area contributed by atoms with Crippen LogP contribution in [0.5, 0.6) is 0 Å². The molecule has 7 unspecified atom stereocenters. The van der Waals surface area contributed by atoms with Crippen molar-refractivity contribution < 1.29 is 39.8 Å². The molecule has 1 saturated heterocycles. The largest absolute Gasteiger partial charge is 0.394 e. The second-order valence-electron chi connectivity index (χ2n) is 19.0. The topological polar surface area (TPSA) is 149 Å². The molecular formula is C58H103NO8. The van der Waals surface area contributed by atoms with Crippen LogP contribution >= 0.6 is 0 Å². The van der Waals surface area contributed by atoms with Crippen molar-refractivity contribution in [2.45, 2.75) is 275 Å². The zero-order valence-corrected chi connectivity index (χ0v) is 42.9. The van der Waals surface area contributed by atoms with Gasteiger partial charge in [0.2, 0.25) is 5.91 Å². The van der Waals surface area contributed by atoms with Crippen molar-refractivity contribution >= 4 is 5.91 Å². The van der Waals surface area contributed by atoms with E-state index in [0.29, 0.717) is 6.42 Å². The number of amides is 1. The van der Waals surface area contributed by atoms with E-state index in [1.54, 1.807) is 6.08 Å². The predicted octanol–water partition coefficient (Wildman–Crippen LogP) is 13.3. The first-order valence-electron chi connectivity index (χ1n) is 27.7. The minimum Gasteiger partial charge on any atom is -0.394 e. The molecule has 1 rings (SSSR count). The molecule has 1 amide bonds. The van der Waals surface area contributed by atoms with Gasteiger partial charge in [0.05, 0.1) is 25.4 Å². The van der Waals surface area contributed by atoms with Gasteiger partial charge in [-0.2, -0.15) is 0 Å². The van der Waals surface area contributed by atoms with Crippen molar-refractivity contribution in [3.8, 4) is 0 Å². The van der Waals surface area contributed by atoms with E-state index in [2.05, 4.69) is 79.9 Å². The van der Waals surface area contributed by atoms with E-state index in [1.165, 1.54) is 141 Å². The Labute approximate surface area is 410 Å². The molecule has 0 aromatic carbocycles. The quantitative estimate of drug-likeness (QED) is 0.0261. The third-order valence-corrected chi connectivity index (χ3v) is 12.7. The highest BCUT2D eigenvalue weighted by atomic mass is 16.7. The molecule has 1 heterocycles. The van der Waals surface area contributed by atoms with E-state index in [1.807, 2.05) is 6.08 Å². The number of allylic oxidation sites excluding steroid dienone is 11. The van der Waals surface area contributed by atoms with Gasteiger partial charge in [-0.1, -0.05) is 222 Å². The van der Waals surface area contributed by atoms with Crippen molar-refractivity contribution in [2.75, 3.05) is 13.2 Å². The number of hydrogen-bond acceptors (Lipinski definition) is 8. The summed E-state index contributed by atoms with van der Waals surface area (Å²) in [5, 5.41) is 54.2. The lowest BCUT2D eigenvalue weighted by molar-refractivity contribution is -0.302. The van der Waals surface area contributed by atoms with Crippen LogP contribution in [0.3, 0.4) is 0 Å². The normalized spacial score (nSPS) is 20.3. The number of carbonyl (C=O) groups is 1. The van der Waals surface area contributed by atoms with Gasteiger partial charge in [0.15, 0.2) is 6.29 Å². The molecule has 0 saturated carbocycles. The Morgan fingerprint density at radius 1 is 0.507 bits per heavy atom. The van der Waals surface area contributed by atoms with Crippen molar-refractivity contribution in [3.63, 3.8) is 0 Å². The summed E-state index contributed by atoms with van der Waals surface area (Å²) in [5.41, 5.74) is 0. The SMILES string of the molecule is CCC/C=C/CC/C=C/CC/C=C/C(O)C(COC1OC(CO)C(O)C(O)C1O)NC(=O)CCCCCCCCCCCCCCCCCCCC/C=C\C/C=C\C/C=C\CCCCCCC. The Hall–Kier alpha value is -2.37. The van der Waals surface area contributed by atoms with Crippen LogP contribution in [-0.4, -0.2) is 87.5 Å². The number of rotatable bonds is 46. The van der Waals surface area contributed by atoms with Crippen LogP contribution in [0.25, 0.3) is 0 Å². The molecule has 7 atom stereocenters. The van der Waals surface area contributed by atoms with Crippen molar-refractivity contribution in [3.05, 3.63) is 72.9 Å². The van der Waals surface area contributed by atoms with Gasteiger partial charge in [-0.05, 0) is 77.0 Å². The third kappa shape index (κ3) is 37.2. The summed E-state index contributed by atoms with van der Waals surface area (Å²) >= 11 is 0. The van der Waals surface area contributed by atoms with Crippen molar-refractivity contribution in [1.82, 2.24) is 5.32 Å². The molecule has 67 heavy (non-hydrogen) atoms. The van der Waals surface area contributed by atoms with Crippen LogP contribution in [0.15, 0.2) is 72.9 Å². The van der Waals surface area contributed by atoms with E-state index in [4.69, 9.17) is 9.47 Å². The van der Waals surface area contributed by atoms with Gasteiger partial charge in [0.1, 0.15) is 24.4 Å². The third-order valence-electron chi connectivity index (χ3n) is 12.7.